The normalized spacial score (nSPS) is 17.2. The third kappa shape index (κ3) is 3.79. The first-order valence-corrected chi connectivity index (χ1v) is 12.7. The van der Waals surface area contributed by atoms with Crippen molar-refractivity contribution < 1.29 is 5.11 Å². The molecule has 5 rings (SSSR count). The molecular weight excluding hydrogens is 432 g/mol. The number of fused-ring (bicyclic) bond motifs is 6. The van der Waals surface area contributed by atoms with E-state index in [2.05, 4.69) is 63.7 Å². The Hall–Kier alpha value is -3.60. The SMILES string of the molecule is CCC1=C(C)C2=Cc3cc(c(O)[nH]3)C=C3N=C(C=c4[nH]c(c(CC)c4CC)=CC1=N2)C(CC)=C3C. The largest absolute Gasteiger partial charge is 0.494 e. The minimum atomic E-state index is 0.146. The van der Waals surface area contributed by atoms with E-state index in [1.807, 2.05) is 18.2 Å². The molecule has 0 aliphatic carbocycles. The van der Waals surface area contributed by atoms with Crippen molar-refractivity contribution in [3.05, 3.63) is 72.8 Å². The van der Waals surface area contributed by atoms with Gasteiger partial charge >= 0.3 is 0 Å². The molecule has 2 aromatic rings. The number of allylic oxidation sites excluding steroid dienone is 4. The number of nitrogens with one attached hydrogen (secondary N) is 2. The van der Waals surface area contributed by atoms with Gasteiger partial charge in [0.15, 0.2) is 5.88 Å². The molecule has 0 aromatic carbocycles. The van der Waals surface area contributed by atoms with E-state index >= 15 is 0 Å². The van der Waals surface area contributed by atoms with Gasteiger partial charge in [-0.3, -0.25) is 0 Å². The summed E-state index contributed by atoms with van der Waals surface area (Å²) in [5.74, 6) is 0.146. The maximum atomic E-state index is 10.6. The van der Waals surface area contributed by atoms with Crippen molar-refractivity contribution in [2.75, 3.05) is 0 Å². The van der Waals surface area contributed by atoms with E-state index in [-0.39, 0.29) is 5.88 Å². The lowest BCUT2D eigenvalue weighted by molar-refractivity contribution is 0.455. The Balaban J connectivity index is 1.87. The minimum Gasteiger partial charge on any atom is -0.494 e. The zero-order valence-electron chi connectivity index (χ0n) is 21.6. The number of aliphatic imine (C=N–C) groups is 2. The Labute approximate surface area is 206 Å². The smallest absolute Gasteiger partial charge is 0.196 e. The Morgan fingerprint density at radius 2 is 1.20 bits per heavy atom. The second-order valence-electron chi connectivity index (χ2n) is 9.40. The van der Waals surface area contributed by atoms with E-state index in [9.17, 15) is 5.11 Å². The minimum absolute atomic E-state index is 0.146. The molecule has 0 saturated carbocycles. The van der Waals surface area contributed by atoms with Crippen molar-refractivity contribution in [3.63, 3.8) is 0 Å². The van der Waals surface area contributed by atoms with Crippen molar-refractivity contribution in [2.45, 2.75) is 67.2 Å². The maximum absolute atomic E-state index is 10.6. The van der Waals surface area contributed by atoms with Crippen molar-refractivity contribution in [3.8, 4) is 5.88 Å². The number of rotatable bonds is 4. The lowest BCUT2D eigenvalue weighted by atomic mass is 10.0. The van der Waals surface area contributed by atoms with Crippen molar-refractivity contribution in [1.29, 1.82) is 0 Å². The number of hydrogen-bond donors (Lipinski definition) is 3. The molecule has 0 unspecified atom stereocenters. The summed E-state index contributed by atoms with van der Waals surface area (Å²) in [7, 11) is 0. The Bertz CT molecular complexity index is 1540. The molecule has 3 aliphatic rings. The molecule has 5 nitrogen and oxygen atoms in total. The summed E-state index contributed by atoms with van der Waals surface area (Å²) < 4.78 is 0. The van der Waals surface area contributed by atoms with E-state index in [0.29, 0.717) is 0 Å². The van der Waals surface area contributed by atoms with Gasteiger partial charge in [0.05, 0.1) is 22.8 Å². The monoisotopic (exact) mass is 466 g/mol. The molecule has 0 amide bonds. The summed E-state index contributed by atoms with van der Waals surface area (Å²) in [4.78, 5) is 16.9. The van der Waals surface area contributed by atoms with Crippen LogP contribution < -0.4 is 10.7 Å². The first-order chi connectivity index (χ1) is 16.9. The van der Waals surface area contributed by atoms with Crippen molar-refractivity contribution in [1.82, 2.24) is 9.97 Å². The molecule has 8 bridgehead atoms. The lowest BCUT2D eigenvalue weighted by Gasteiger charge is -2.02. The summed E-state index contributed by atoms with van der Waals surface area (Å²) in [6.45, 7) is 13.1. The Morgan fingerprint density at radius 3 is 1.69 bits per heavy atom. The highest BCUT2D eigenvalue weighted by molar-refractivity contribution is 6.24. The van der Waals surface area contributed by atoms with Crippen LogP contribution in [0.2, 0.25) is 0 Å². The molecule has 0 fully saturated rings. The van der Waals surface area contributed by atoms with Crippen LogP contribution in [0, 0.1) is 0 Å². The topological polar surface area (TPSA) is 76.5 Å². The van der Waals surface area contributed by atoms with Crippen LogP contribution in [0.15, 0.2) is 49.7 Å². The van der Waals surface area contributed by atoms with E-state index in [0.717, 1.165) is 76.0 Å². The predicted octanol–water partition coefficient (Wildman–Crippen LogP) is 5.49. The van der Waals surface area contributed by atoms with Crippen LogP contribution in [0.3, 0.4) is 0 Å². The molecule has 2 aromatic heterocycles. The quantitative estimate of drug-likeness (QED) is 0.547. The first-order valence-electron chi connectivity index (χ1n) is 12.7. The van der Waals surface area contributed by atoms with Crippen LogP contribution in [0.5, 0.6) is 5.88 Å². The molecule has 180 valence electrons. The van der Waals surface area contributed by atoms with Gasteiger partial charge in [-0.25, -0.2) is 9.98 Å². The molecule has 5 heteroatoms. The van der Waals surface area contributed by atoms with E-state index < -0.39 is 0 Å². The zero-order valence-corrected chi connectivity index (χ0v) is 21.6. The van der Waals surface area contributed by atoms with Gasteiger partial charge in [-0.2, -0.15) is 0 Å². The maximum Gasteiger partial charge on any atom is 0.196 e. The fraction of sp³-hybridized carbons (Fsp3) is 0.333. The van der Waals surface area contributed by atoms with Crippen LogP contribution in [0.4, 0.5) is 0 Å². The molecule has 0 spiro atoms. The number of aromatic hydroxyl groups is 1. The molecule has 3 N–H and O–H groups in total. The predicted molar refractivity (Wildman–Crippen MR) is 147 cm³/mol. The number of aromatic amines is 2. The fourth-order valence-electron chi connectivity index (χ4n) is 5.58. The molecule has 0 radical (unpaired) electrons. The molecule has 35 heavy (non-hydrogen) atoms. The average Bonchev–Trinajstić information content (AvgIpc) is 3.52. The number of nitrogens with zero attached hydrogens (tertiary/aromatic N) is 2. The standard InChI is InChI=1S/C30H34N4O/c1-7-20-16(5)24-12-18-11-19(31-30(18)35)13-25-17(6)21(8-2)27(33-25)15-29-23(10-4)22(9-3)28(34-29)14-26(20)32-24/h11-15,31,34-35H,7-10H2,1-6H3. The van der Waals surface area contributed by atoms with Gasteiger partial charge in [0.25, 0.3) is 0 Å². The zero-order chi connectivity index (χ0) is 24.9. The van der Waals surface area contributed by atoms with E-state index in [1.54, 1.807) is 0 Å². The van der Waals surface area contributed by atoms with Gasteiger partial charge in [0.2, 0.25) is 0 Å². The first kappa shape index (κ1) is 23.2. The summed E-state index contributed by atoms with van der Waals surface area (Å²) in [5.41, 5.74) is 12.9. The van der Waals surface area contributed by atoms with Gasteiger partial charge in [-0.15, -0.1) is 0 Å². The third-order valence-electron chi connectivity index (χ3n) is 7.47. The third-order valence-corrected chi connectivity index (χ3v) is 7.47. The average molecular weight is 467 g/mol. The Morgan fingerprint density at radius 1 is 0.686 bits per heavy atom. The summed E-state index contributed by atoms with van der Waals surface area (Å²) in [6.07, 6.45) is 12.1. The summed E-state index contributed by atoms with van der Waals surface area (Å²) in [6, 6.07) is 1.97. The van der Waals surface area contributed by atoms with E-state index in [1.165, 1.54) is 27.8 Å². The second-order valence-corrected chi connectivity index (χ2v) is 9.40. The van der Waals surface area contributed by atoms with Gasteiger partial charge in [0.1, 0.15) is 0 Å². The highest BCUT2D eigenvalue weighted by atomic mass is 16.3. The van der Waals surface area contributed by atoms with Gasteiger partial charge in [0, 0.05) is 22.0 Å². The van der Waals surface area contributed by atoms with Crippen LogP contribution in [-0.4, -0.2) is 26.5 Å². The Kier molecular flexibility index (Phi) is 5.87. The van der Waals surface area contributed by atoms with Gasteiger partial charge in [-0.1, -0.05) is 27.7 Å². The highest BCUT2D eigenvalue weighted by Gasteiger charge is 2.22. The van der Waals surface area contributed by atoms with Crippen LogP contribution in [0.25, 0.3) is 24.3 Å². The van der Waals surface area contributed by atoms with Crippen LogP contribution >= 0.6 is 0 Å². The lowest BCUT2D eigenvalue weighted by Crippen LogP contribution is -2.16. The second kappa shape index (κ2) is 8.88. The fourth-order valence-corrected chi connectivity index (χ4v) is 5.58. The molecule has 3 aliphatic heterocycles. The van der Waals surface area contributed by atoms with Crippen molar-refractivity contribution in [2.24, 2.45) is 9.98 Å². The number of H-pyrrole nitrogens is 2. The molecular formula is C30H34N4O. The molecule has 5 heterocycles. The van der Waals surface area contributed by atoms with Crippen molar-refractivity contribution >= 4 is 35.7 Å². The van der Waals surface area contributed by atoms with E-state index in [4.69, 9.17) is 9.98 Å². The summed E-state index contributed by atoms with van der Waals surface area (Å²) >= 11 is 0. The van der Waals surface area contributed by atoms with Crippen LogP contribution in [0.1, 0.15) is 76.8 Å². The van der Waals surface area contributed by atoms with Gasteiger partial charge < -0.3 is 15.1 Å². The highest BCUT2D eigenvalue weighted by Crippen LogP contribution is 2.33. The molecule has 0 saturated heterocycles. The summed E-state index contributed by atoms with van der Waals surface area (Å²) in [5, 5.41) is 12.9. The molecule has 0 atom stereocenters. The van der Waals surface area contributed by atoms with Crippen LogP contribution in [-0.2, 0) is 12.8 Å². The van der Waals surface area contributed by atoms with Gasteiger partial charge in [-0.05, 0) is 103 Å². The number of aromatic nitrogens is 2. The number of hydrogen-bond acceptors (Lipinski definition) is 3.